The van der Waals surface area contributed by atoms with E-state index in [0.29, 0.717) is 25.3 Å². The number of amides is 4. The van der Waals surface area contributed by atoms with Crippen molar-refractivity contribution in [2.75, 3.05) is 13.1 Å². The first-order valence-corrected chi connectivity index (χ1v) is 9.44. The Bertz CT molecular complexity index is 634. The standard InChI is InChI=1S/C20H30N4O4/c1-15(2)10-17(24-20(28)12-21-14-25)8-9-18(26)23-13-19(27)22-11-16-6-4-3-5-7-16/h3-7,14-15,17H,8-13H2,1-2H3,(H,21,25)(H,22,27)(H,23,26)(H,24,28). The van der Waals surface area contributed by atoms with Gasteiger partial charge in [-0.1, -0.05) is 44.2 Å². The van der Waals surface area contributed by atoms with Crippen molar-refractivity contribution in [1.29, 1.82) is 0 Å². The summed E-state index contributed by atoms with van der Waals surface area (Å²) in [6.45, 7) is 4.29. The van der Waals surface area contributed by atoms with Gasteiger partial charge in [0, 0.05) is 19.0 Å². The lowest BCUT2D eigenvalue weighted by Crippen LogP contribution is -2.42. The maximum atomic E-state index is 12.0. The minimum absolute atomic E-state index is 0.0872. The molecule has 4 amide bonds. The summed E-state index contributed by atoms with van der Waals surface area (Å²) < 4.78 is 0. The second kappa shape index (κ2) is 13.3. The zero-order chi connectivity index (χ0) is 20.8. The quantitative estimate of drug-likeness (QED) is 0.367. The Morgan fingerprint density at radius 3 is 2.32 bits per heavy atom. The van der Waals surface area contributed by atoms with E-state index in [9.17, 15) is 19.2 Å². The summed E-state index contributed by atoms with van der Waals surface area (Å²) in [4.78, 5) is 45.9. The van der Waals surface area contributed by atoms with Crippen LogP contribution in [0.1, 0.15) is 38.7 Å². The van der Waals surface area contributed by atoms with Gasteiger partial charge in [-0.15, -0.1) is 0 Å². The van der Waals surface area contributed by atoms with Gasteiger partial charge >= 0.3 is 0 Å². The van der Waals surface area contributed by atoms with Crippen LogP contribution in [0.25, 0.3) is 0 Å². The zero-order valence-electron chi connectivity index (χ0n) is 16.5. The van der Waals surface area contributed by atoms with Crippen LogP contribution in [0.5, 0.6) is 0 Å². The summed E-state index contributed by atoms with van der Waals surface area (Å²) in [5.74, 6) is -0.456. The van der Waals surface area contributed by atoms with Gasteiger partial charge in [-0.25, -0.2) is 0 Å². The second-order valence-electron chi connectivity index (χ2n) is 6.97. The first-order valence-electron chi connectivity index (χ1n) is 9.44. The third kappa shape index (κ3) is 10.9. The molecule has 0 aliphatic carbocycles. The van der Waals surface area contributed by atoms with Crippen molar-refractivity contribution in [3.8, 4) is 0 Å². The minimum atomic E-state index is -0.293. The van der Waals surface area contributed by atoms with Crippen LogP contribution in [0.15, 0.2) is 30.3 Å². The first kappa shape index (κ1) is 23.1. The van der Waals surface area contributed by atoms with Gasteiger partial charge in [-0.05, 0) is 24.3 Å². The van der Waals surface area contributed by atoms with Crippen molar-refractivity contribution >= 4 is 24.1 Å². The van der Waals surface area contributed by atoms with Crippen molar-refractivity contribution in [3.05, 3.63) is 35.9 Å². The summed E-state index contributed by atoms with van der Waals surface area (Å²) in [5, 5.41) is 10.5. The van der Waals surface area contributed by atoms with Gasteiger partial charge in [-0.3, -0.25) is 19.2 Å². The molecule has 1 aromatic rings. The maximum Gasteiger partial charge on any atom is 0.239 e. The smallest absolute Gasteiger partial charge is 0.239 e. The van der Waals surface area contributed by atoms with E-state index in [1.54, 1.807) is 0 Å². The number of hydrogen-bond donors (Lipinski definition) is 4. The van der Waals surface area contributed by atoms with Crippen LogP contribution < -0.4 is 21.3 Å². The van der Waals surface area contributed by atoms with Crippen LogP contribution in [0, 0.1) is 5.92 Å². The van der Waals surface area contributed by atoms with Gasteiger partial charge in [0.1, 0.15) is 0 Å². The lowest BCUT2D eigenvalue weighted by Gasteiger charge is -2.20. The molecule has 154 valence electrons. The highest BCUT2D eigenvalue weighted by molar-refractivity contribution is 5.84. The third-order valence-corrected chi connectivity index (χ3v) is 3.97. The molecule has 1 atom stereocenters. The molecule has 0 fully saturated rings. The van der Waals surface area contributed by atoms with Gasteiger partial charge in [0.2, 0.25) is 24.1 Å². The van der Waals surface area contributed by atoms with E-state index in [-0.39, 0.29) is 43.3 Å². The number of carbonyl (C=O) groups is 4. The Hall–Kier alpha value is -2.90. The molecular weight excluding hydrogens is 360 g/mol. The third-order valence-electron chi connectivity index (χ3n) is 3.97. The average molecular weight is 390 g/mol. The highest BCUT2D eigenvalue weighted by Crippen LogP contribution is 2.10. The fourth-order valence-corrected chi connectivity index (χ4v) is 2.66. The van der Waals surface area contributed by atoms with Crippen LogP contribution in [0.2, 0.25) is 0 Å². The van der Waals surface area contributed by atoms with Crippen LogP contribution in [-0.4, -0.2) is 43.3 Å². The molecule has 0 aliphatic heterocycles. The largest absolute Gasteiger partial charge is 0.352 e. The zero-order valence-corrected chi connectivity index (χ0v) is 16.5. The Labute approximate surface area is 165 Å². The van der Waals surface area contributed by atoms with E-state index >= 15 is 0 Å². The van der Waals surface area contributed by atoms with Crippen molar-refractivity contribution < 1.29 is 19.2 Å². The van der Waals surface area contributed by atoms with Crippen molar-refractivity contribution in [1.82, 2.24) is 21.3 Å². The molecule has 1 aromatic carbocycles. The van der Waals surface area contributed by atoms with E-state index in [2.05, 4.69) is 21.3 Å². The lowest BCUT2D eigenvalue weighted by atomic mass is 9.99. The van der Waals surface area contributed by atoms with E-state index in [0.717, 1.165) is 12.0 Å². The molecule has 0 bridgehead atoms. The van der Waals surface area contributed by atoms with E-state index in [1.807, 2.05) is 44.2 Å². The summed E-state index contributed by atoms with van der Waals surface area (Å²) in [6, 6.07) is 9.34. The van der Waals surface area contributed by atoms with Gasteiger partial charge in [0.25, 0.3) is 0 Å². The van der Waals surface area contributed by atoms with Crippen LogP contribution in [0.3, 0.4) is 0 Å². The summed E-state index contributed by atoms with van der Waals surface area (Å²) in [7, 11) is 0. The van der Waals surface area contributed by atoms with E-state index in [1.165, 1.54) is 0 Å². The Kier molecular flexibility index (Phi) is 11.0. The lowest BCUT2D eigenvalue weighted by molar-refractivity contribution is -0.126. The molecule has 1 rings (SSSR count). The maximum absolute atomic E-state index is 12.0. The predicted octanol–water partition coefficient (Wildman–Crippen LogP) is 0.476. The van der Waals surface area contributed by atoms with Crippen molar-refractivity contribution in [2.45, 2.75) is 45.7 Å². The number of benzene rings is 1. The SMILES string of the molecule is CC(C)CC(CCC(=O)NCC(=O)NCc1ccccc1)NC(=O)CNC=O. The topological polar surface area (TPSA) is 116 Å². The molecule has 0 aliphatic rings. The molecule has 0 aromatic heterocycles. The van der Waals surface area contributed by atoms with E-state index in [4.69, 9.17) is 0 Å². The number of carbonyl (C=O) groups excluding carboxylic acids is 4. The van der Waals surface area contributed by atoms with Crippen molar-refractivity contribution in [3.63, 3.8) is 0 Å². The molecule has 28 heavy (non-hydrogen) atoms. The van der Waals surface area contributed by atoms with Crippen LogP contribution in [0.4, 0.5) is 0 Å². The van der Waals surface area contributed by atoms with E-state index < -0.39 is 0 Å². The fourth-order valence-electron chi connectivity index (χ4n) is 2.66. The van der Waals surface area contributed by atoms with Crippen molar-refractivity contribution in [2.24, 2.45) is 5.92 Å². The Morgan fingerprint density at radius 1 is 0.964 bits per heavy atom. The summed E-state index contributed by atoms with van der Waals surface area (Å²) in [6.07, 6.45) is 1.85. The van der Waals surface area contributed by atoms with Gasteiger partial charge < -0.3 is 21.3 Å². The molecule has 0 saturated heterocycles. The van der Waals surface area contributed by atoms with Crippen LogP contribution in [-0.2, 0) is 25.7 Å². The second-order valence-corrected chi connectivity index (χ2v) is 6.97. The van der Waals surface area contributed by atoms with Crippen LogP contribution >= 0.6 is 0 Å². The Balaban J connectivity index is 2.31. The molecule has 0 radical (unpaired) electrons. The molecular formula is C20H30N4O4. The molecule has 8 nitrogen and oxygen atoms in total. The Morgan fingerprint density at radius 2 is 1.68 bits per heavy atom. The fraction of sp³-hybridized carbons (Fsp3) is 0.500. The van der Waals surface area contributed by atoms with Gasteiger partial charge in [0.15, 0.2) is 0 Å². The number of hydrogen-bond acceptors (Lipinski definition) is 4. The van der Waals surface area contributed by atoms with Gasteiger partial charge in [-0.2, -0.15) is 0 Å². The first-order chi connectivity index (χ1) is 13.4. The minimum Gasteiger partial charge on any atom is -0.352 e. The number of nitrogens with one attached hydrogen (secondary N) is 4. The molecule has 0 heterocycles. The summed E-state index contributed by atoms with van der Waals surface area (Å²) in [5.41, 5.74) is 0.985. The molecule has 8 heteroatoms. The average Bonchev–Trinajstić information content (AvgIpc) is 2.67. The molecule has 0 spiro atoms. The molecule has 0 saturated carbocycles. The summed E-state index contributed by atoms with van der Waals surface area (Å²) >= 11 is 0. The highest BCUT2D eigenvalue weighted by Gasteiger charge is 2.16. The predicted molar refractivity (Wildman–Crippen MR) is 106 cm³/mol. The molecule has 1 unspecified atom stereocenters. The normalized spacial score (nSPS) is 11.4. The number of rotatable bonds is 13. The molecule has 4 N–H and O–H groups in total. The van der Waals surface area contributed by atoms with Gasteiger partial charge in [0.05, 0.1) is 13.1 Å². The monoisotopic (exact) mass is 390 g/mol. The highest BCUT2D eigenvalue weighted by atomic mass is 16.2.